The monoisotopic (exact) mass is 371 g/mol. The molecular weight excluding hydrogens is 350 g/mol. The quantitative estimate of drug-likeness (QED) is 0.746. The molecule has 0 aromatic carbocycles. The summed E-state index contributed by atoms with van der Waals surface area (Å²) in [6.07, 6.45) is -0.534. The number of carbonyl (C=O) groups excluding carboxylic acids is 2. The molecule has 10 heteroatoms. The standard InChI is InChI=1S/C15H21N3O6S/c1-15(2,3)24-14(22)18-5-6-25-7-8(18)11-16-9(13(21)23-4)10(19)12(20)17-11/h8,19H,5-7H2,1-4H3,(H,16,17,20). The first-order chi connectivity index (χ1) is 11.6. The summed E-state index contributed by atoms with van der Waals surface area (Å²) in [4.78, 5) is 44.0. The molecule has 0 saturated carbocycles. The lowest BCUT2D eigenvalue weighted by Gasteiger charge is -2.35. The molecule has 2 heterocycles. The van der Waals surface area contributed by atoms with Gasteiger partial charge in [0.1, 0.15) is 17.5 Å². The van der Waals surface area contributed by atoms with Crippen molar-refractivity contribution >= 4 is 23.8 Å². The number of amides is 1. The average molecular weight is 371 g/mol. The van der Waals surface area contributed by atoms with E-state index in [-0.39, 0.29) is 5.82 Å². The molecule has 1 saturated heterocycles. The number of hydrogen-bond acceptors (Lipinski definition) is 8. The van der Waals surface area contributed by atoms with Crippen LogP contribution >= 0.6 is 11.8 Å². The van der Waals surface area contributed by atoms with E-state index in [1.807, 2.05) is 0 Å². The summed E-state index contributed by atoms with van der Waals surface area (Å²) in [7, 11) is 1.12. The number of H-pyrrole nitrogens is 1. The number of rotatable bonds is 2. The van der Waals surface area contributed by atoms with E-state index in [0.717, 1.165) is 7.11 Å². The van der Waals surface area contributed by atoms with Crippen LogP contribution in [0.4, 0.5) is 4.79 Å². The molecular formula is C15H21N3O6S. The van der Waals surface area contributed by atoms with Gasteiger partial charge in [0.25, 0.3) is 5.56 Å². The highest BCUT2D eigenvalue weighted by Gasteiger charge is 2.34. The Labute approximate surface area is 148 Å². The molecule has 1 aromatic heterocycles. The minimum absolute atomic E-state index is 0.0984. The van der Waals surface area contributed by atoms with Crippen molar-refractivity contribution < 1.29 is 24.2 Å². The van der Waals surface area contributed by atoms with Gasteiger partial charge in [-0.1, -0.05) is 0 Å². The van der Waals surface area contributed by atoms with Crippen LogP contribution in [0.2, 0.25) is 0 Å². The maximum atomic E-state index is 12.5. The van der Waals surface area contributed by atoms with Gasteiger partial charge in [-0.2, -0.15) is 11.8 Å². The molecule has 0 radical (unpaired) electrons. The van der Waals surface area contributed by atoms with Crippen LogP contribution < -0.4 is 5.56 Å². The second-order valence-corrected chi connectivity index (χ2v) is 7.55. The number of esters is 1. The molecule has 0 aliphatic carbocycles. The number of hydrogen-bond donors (Lipinski definition) is 2. The molecule has 1 fully saturated rings. The van der Waals surface area contributed by atoms with Crippen LogP contribution in [0.1, 0.15) is 43.1 Å². The summed E-state index contributed by atoms with van der Waals surface area (Å²) < 4.78 is 9.93. The molecule has 1 amide bonds. The summed E-state index contributed by atoms with van der Waals surface area (Å²) >= 11 is 1.58. The zero-order valence-electron chi connectivity index (χ0n) is 14.5. The molecule has 138 valence electrons. The lowest BCUT2D eigenvalue weighted by Crippen LogP contribution is -2.44. The Bertz CT molecular complexity index is 727. The van der Waals surface area contributed by atoms with Crippen molar-refractivity contribution in [3.63, 3.8) is 0 Å². The number of thioether (sulfide) groups is 1. The largest absolute Gasteiger partial charge is 0.501 e. The van der Waals surface area contributed by atoms with E-state index in [9.17, 15) is 19.5 Å². The highest BCUT2D eigenvalue weighted by molar-refractivity contribution is 7.99. The number of nitrogens with zero attached hydrogens (tertiary/aromatic N) is 2. The Hall–Kier alpha value is -2.23. The van der Waals surface area contributed by atoms with Gasteiger partial charge >= 0.3 is 12.1 Å². The van der Waals surface area contributed by atoms with Crippen LogP contribution in [0.25, 0.3) is 0 Å². The normalized spacial score (nSPS) is 17.9. The van der Waals surface area contributed by atoms with Gasteiger partial charge in [0.15, 0.2) is 5.69 Å². The molecule has 2 N–H and O–H groups in total. The lowest BCUT2D eigenvalue weighted by atomic mass is 10.2. The van der Waals surface area contributed by atoms with E-state index in [2.05, 4.69) is 14.7 Å². The van der Waals surface area contributed by atoms with Gasteiger partial charge < -0.3 is 19.6 Å². The molecule has 1 aromatic rings. The maximum Gasteiger partial charge on any atom is 0.410 e. The molecule has 1 atom stereocenters. The maximum absolute atomic E-state index is 12.5. The highest BCUT2D eigenvalue weighted by atomic mass is 32.2. The summed E-state index contributed by atoms with van der Waals surface area (Å²) in [5.41, 5.74) is -2.02. The van der Waals surface area contributed by atoms with E-state index in [1.165, 1.54) is 4.90 Å². The van der Waals surface area contributed by atoms with E-state index >= 15 is 0 Å². The second kappa shape index (κ2) is 7.34. The molecule has 25 heavy (non-hydrogen) atoms. The number of nitrogens with one attached hydrogen (secondary N) is 1. The van der Waals surface area contributed by atoms with Gasteiger partial charge in [0.05, 0.1) is 7.11 Å². The number of aromatic amines is 1. The topological polar surface area (TPSA) is 122 Å². The fourth-order valence-corrected chi connectivity index (χ4v) is 3.30. The lowest BCUT2D eigenvalue weighted by molar-refractivity contribution is 0.0177. The molecule has 9 nitrogen and oxygen atoms in total. The molecule has 1 unspecified atom stereocenters. The number of aromatic nitrogens is 2. The van der Waals surface area contributed by atoms with Crippen LogP contribution in [0.15, 0.2) is 4.79 Å². The Kier molecular flexibility index (Phi) is 5.61. The van der Waals surface area contributed by atoms with Crippen molar-refractivity contribution in [2.24, 2.45) is 0 Å². The molecule has 1 aliphatic rings. The summed E-state index contributed by atoms with van der Waals surface area (Å²) in [6.45, 7) is 5.68. The molecule has 0 spiro atoms. The van der Waals surface area contributed by atoms with E-state index in [0.29, 0.717) is 18.1 Å². The van der Waals surface area contributed by atoms with Gasteiger partial charge in [-0.05, 0) is 20.8 Å². The summed E-state index contributed by atoms with van der Waals surface area (Å²) in [6, 6.07) is -0.592. The first-order valence-corrected chi connectivity index (χ1v) is 8.78. The van der Waals surface area contributed by atoms with Gasteiger partial charge in [0.2, 0.25) is 5.75 Å². The van der Waals surface area contributed by atoms with Crippen LogP contribution in [0.3, 0.4) is 0 Å². The first kappa shape index (κ1) is 19.1. The predicted molar refractivity (Wildman–Crippen MR) is 90.9 cm³/mol. The van der Waals surface area contributed by atoms with Crippen molar-refractivity contribution in [3.8, 4) is 5.75 Å². The van der Waals surface area contributed by atoms with Gasteiger partial charge in [0, 0.05) is 18.1 Å². The number of aromatic hydroxyl groups is 1. The van der Waals surface area contributed by atoms with Crippen LogP contribution in [0.5, 0.6) is 5.75 Å². The minimum atomic E-state index is -0.933. The Morgan fingerprint density at radius 1 is 1.40 bits per heavy atom. The zero-order valence-corrected chi connectivity index (χ0v) is 15.3. The van der Waals surface area contributed by atoms with Crippen LogP contribution in [-0.2, 0) is 9.47 Å². The van der Waals surface area contributed by atoms with E-state index < -0.39 is 40.7 Å². The van der Waals surface area contributed by atoms with Gasteiger partial charge in [-0.25, -0.2) is 14.6 Å². The second-order valence-electron chi connectivity index (χ2n) is 6.40. The summed E-state index contributed by atoms with van der Waals surface area (Å²) in [5.74, 6) is -0.476. The third kappa shape index (κ3) is 4.44. The fraction of sp³-hybridized carbons (Fsp3) is 0.600. The van der Waals surface area contributed by atoms with Crippen molar-refractivity contribution in [1.82, 2.24) is 14.9 Å². The Balaban J connectivity index is 2.40. The van der Waals surface area contributed by atoms with Crippen LogP contribution in [0, 0.1) is 0 Å². The van der Waals surface area contributed by atoms with Crippen molar-refractivity contribution in [2.45, 2.75) is 32.4 Å². The smallest absolute Gasteiger partial charge is 0.410 e. The fourth-order valence-electron chi connectivity index (χ4n) is 2.25. The predicted octanol–water partition coefficient (Wildman–Crippen LogP) is 1.29. The SMILES string of the molecule is COC(=O)c1nc(C2CSCCN2C(=O)OC(C)(C)C)[nH]c(=O)c1O. The molecule has 1 aliphatic heterocycles. The zero-order chi connectivity index (χ0) is 18.8. The molecule has 0 bridgehead atoms. The van der Waals surface area contributed by atoms with Gasteiger partial charge in [-0.15, -0.1) is 0 Å². The number of ether oxygens (including phenoxy) is 2. The van der Waals surface area contributed by atoms with Crippen molar-refractivity contribution in [2.75, 3.05) is 25.2 Å². The van der Waals surface area contributed by atoms with Crippen molar-refractivity contribution in [3.05, 3.63) is 21.9 Å². The summed E-state index contributed by atoms with van der Waals surface area (Å²) in [5, 5.41) is 9.73. The third-order valence-corrected chi connectivity index (χ3v) is 4.39. The van der Waals surface area contributed by atoms with E-state index in [1.54, 1.807) is 32.5 Å². The molecule has 2 rings (SSSR count). The Morgan fingerprint density at radius 2 is 2.08 bits per heavy atom. The van der Waals surface area contributed by atoms with Crippen LogP contribution in [-0.4, -0.2) is 62.8 Å². The van der Waals surface area contributed by atoms with Gasteiger partial charge in [-0.3, -0.25) is 9.69 Å². The average Bonchev–Trinajstić information content (AvgIpc) is 2.55. The first-order valence-electron chi connectivity index (χ1n) is 7.63. The number of carbonyl (C=O) groups is 2. The highest BCUT2D eigenvalue weighted by Crippen LogP contribution is 2.29. The Morgan fingerprint density at radius 3 is 2.68 bits per heavy atom. The third-order valence-electron chi connectivity index (χ3n) is 3.36. The number of methoxy groups -OCH3 is 1. The van der Waals surface area contributed by atoms with E-state index in [4.69, 9.17) is 4.74 Å². The van der Waals surface area contributed by atoms with Crippen molar-refractivity contribution in [1.29, 1.82) is 0 Å². The minimum Gasteiger partial charge on any atom is -0.501 e.